The van der Waals surface area contributed by atoms with Gasteiger partial charge in [-0.3, -0.25) is 0 Å². The predicted molar refractivity (Wildman–Crippen MR) is 71.6 cm³/mol. The van der Waals surface area contributed by atoms with Gasteiger partial charge in [-0.2, -0.15) is 39.5 Å². The lowest BCUT2D eigenvalue weighted by molar-refractivity contribution is -0.297. The second-order valence-corrected chi connectivity index (χ2v) is 5.74. The second kappa shape index (κ2) is 5.93. The Morgan fingerprint density at radius 2 is 1.16 bits per heavy atom. The van der Waals surface area contributed by atoms with E-state index in [-0.39, 0.29) is 19.9 Å². The van der Waals surface area contributed by atoms with E-state index in [2.05, 4.69) is 6.58 Å². The number of hydrogen-bond donors (Lipinski definition) is 1. The third-order valence-corrected chi connectivity index (χ3v) is 4.02. The standard InChI is InChI=1S/C15H13F9O/c1-4-8-5-9(11(2,13(16,17)18)14(19,20)21)7-10(6-8)12(3,25)15(22,23)24/h4-7,25H,1H2,2-3H3. The van der Waals surface area contributed by atoms with Crippen molar-refractivity contribution in [2.75, 3.05) is 0 Å². The zero-order chi connectivity index (χ0) is 20.1. The second-order valence-electron chi connectivity index (χ2n) is 5.74. The molecule has 0 amide bonds. The third-order valence-electron chi connectivity index (χ3n) is 4.02. The van der Waals surface area contributed by atoms with Crippen LogP contribution in [-0.2, 0) is 11.0 Å². The minimum absolute atomic E-state index is 0.0570. The van der Waals surface area contributed by atoms with E-state index in [1.807, 2.05) is 0 Å². The van der Waals surface area contributed by atoms with E-state index >= 15 is 0 Å². The summed E-state index contributed by atoms with van der Waals surface area (Å²) in [6, 6.07) is 1.11. The molecule has 0 saturated carbocycles. The van der Waals surface area contributed by atoms with Gasteiger partial charge in [-0.1, -0.05) is 24.8 Å². The first kappa shape index (κ1) is 21.3. The fraction of sp³-hybridized carbons (Fsp3) is 0.467. The summed E-state index contributed by atoms with van der Waals surface area (Å²) in [4.78, 5) is 0. The smallest absolute Gasteiger partial charge is 0.376 e. The summed E-state index contributed by atoms with van der Waals surface area (Å²) in [6.45, 7) is 3.19. The molecule has 0 fully saturated rings. The summed E-state index contributed by atoms with van der Waals surface area (Å²) in [5.41, 5.74) is -11.2. The molecule has 1 unspecified atom stereocenters. The summed E-state index contributed by atoms with van der Waals surface area (Å²) in [7, 11) is 0. The van der Waals surface area contributed by atoms with Crippen LogP contribution in [0.4, 0.5) is 39.5 Å². The minimum atomic E-state index is -5.84. The Hall–Kier alpha value is -1.71. The molecule has 0 radical (unpaired) electrons. The van der Waals surface area contributed by atoms with Crippen molar-refractivity contribution in [1.82, 2.24) is 0 Å². The van der Waals surface area contributed by atoms with E-state index in [9.17, 15) is 44.6 Å². The lowest BCUT2D eigenvalue weighted by Crippen LogP contribution is -2.51. The molecule has 1 aromatic carbocycles. The van der Waals surface area contributed by atoms with Crippen LogP contribution in [-0.4, -0.2) is 23.6 Å². The van der Waals surface area contributed by atoms with Crippen LogP contribution >= 0.6 is 0 Å². The van der Waals surface area contributed by atoms with Crippen molar-refractivity contribution in [3.63, 3.8) is 0 Å². The van der Waals surface area contributed by atoms with Crippen molar-refractivity contribution in [2.45, 2.75) is 43.4 Å². The van der Waals surface area contributed by atoms with Gasteiger partial charge in [-0.25, -0.2) is 0 Å². The van der Waals surface area contributed by atoms with Gasteiger partial charge in [0.1, 0.15) is 0 Å². The fourth-order valence-electron chi connectivity index (χ4n) is 1.99. The molecular formula is C15H13F9O. The molecule has 0 aliphatic carbocycles. The van der Waals surface area contributed by atoms with E-state index in [0.717, 1.165) is 6.08 Å². The molecule has 25 heavy (non-hydrogen) atoms. The number of benzene rings is 1. The van der Waals surface area contributed by atoms with E-state index < -0.39 is 46.2 Å². The number of hydrogen-bond acceptors (Lipinski definition) is 1. The van der Waals surface area contributed by atoms with Gasteiger partial charge in [-0.05, 0) is 36.6 Å². The molecule has 142 valence electrons. The van der Waals surface area contributed by atoms with Crippen LogP contribution in [0.15, 0.2) is 24.8 Å². The van der Waals surface area contributed by atoms with Crippen LogP contribution in [0.1, 0.15) is 30.5 Å². The molecule has 1 N–H and O–H groups in total. The van der Waals surface area contributed by atoms with Crippen molar-refractivity contribution < 1.29 is 44.6 Å². The van der Waals surface area contributed by atoms with Gasteiger partial charge in [-0.15, -0.1) is 0 Å². The van der Waals surface area contributed by atoms with Gasteiger partial charge in [0, 0.05) is 0 Å². The van der Waals surface area contributed by atoms with Gasteiger partial charge in [0.15, 0.2) is 11.0 Å². The van der Waals surface area contributed by atoms with Crippen molar-refractivity contribution in [3.8, 4) is 0 Å². The van der Waals surface area contributed by atoms with E-state index in [0.29, 0.717) is 12.1 Å². The average molecular weight is 380 g/mol. The first-order chi connectivity index (χ1) is 10.9. The van der Waals surface area contributed by atoms with Crippen LogP contribution in [0.3, 0.4) is 0 Å². The first-order valence-corrected chi connectivity index (χ1v) is 6.60. The molecule has 1 rings (SSSR count). The molecule has 1 nitrogen and oxygen atoms in total. The van der Waals surface area contributed by atoms with Crippen LogP contribution < -0.4 is 0 Å². The van der Waals surface area contributed by atoms with Crippen LogP contribution in [0, 0.1) is 0 Å². The van der Waals surface area contributed by atoms with Gasteiger partial charge >= 0.3 is 18.5 Å². The largest absolute Gasteiger partial charge is 0.421 e. The Bertz CT molecular complexity index is 636. The fourth-order valence-corrected chi connectivity index (χ4v) is 1.99. The zero-order valence-corrected chi connectivity index (χ0v) is 12.9. The number of aliphatic hydroxyl groups is 1. The Balaban J connectivity index is 3.84. The lowest BCUT2D eigenvalue weighted by Gasteiger charge is -2.36. The number of alkyl halides is 9. The number of rotatable bonds is 3. The maximum absolute atomic E-state index is 13.2. The molecule has 0 spiro atoms. The van der Waals surface area contributed by atoms with Crippen molar-refractivity contribution in [2.24, 2.45) is 0 Å². The van der Waals surface area contributed by atoms with E-state index in [1.165, 1.54) is 0 Å². The summed E-state index contributed by atoms with van der Waals surface area (Å²) in [6.07, 6.45) is -16.2. The summed E-state index contributed by atoms with van der Waals surface area (Å²) in [5.74, 6) is 0. The lowest BCUT2D eigenvalue weighted by atomic mass is 9.78. The van der Waals surface area contributed by atoms with E-state index in [4.69, 9.17) is 0 Å². The van der Waals surface area contributed by atoms with Crippen LogP contribution in [0.25, 0.3) is 6.08 Å². The molecule has 0 heterocycles. The molecule has 0 bridgehead atoms. The molecule has 10 heteroatoms. The highest BCUT2D eigenvalue weighted by Gasteiger charge is 2.68. The van der Waals surface area contributed by atoms with Crippen LogP contribution in [0.2, 0.25) is 0 Å². The highest BCUT2D eigenvalue weighted by atomic mass is 19.4. The molecular weight excluding hydrogens is 367 g/mol. The molecule has 0 aliphatic heterocycles. The average Bonchev–Trinajstić information content (AvgIpc) is 2.42. The monoisotopic (exact) mass is 380 g/mol. The number of halogens is 9. The zero-order valence-electron chi connectivity index (χ0n) is 12.9. The summed E-state index contributed by atoms with van der Waals surface area (Å²) >= 11 is 0. The maximum Gasteiger partial charge on any atom is 0.421 e. The highest BCUT2D eigenvalue weighted by molar-refractivity contribution is 5.53. The predicted octanol–water partition coefficient (Wildman–Crippen LogP) is 5.48. The minimum Gasteiger partial charge on any atom is -0.376 e. The SMILES string of the molecule is C=Cc1cc(C(C)(O)C(F)(F)F)cc(C(C)(C(F)(F)F)C(F)(F)F)c1. The summed E-state index contributed by atoms with van der Waals surface area (Å²) in [5, 5.41) is 9.62. The Kier molecular flexibility index (Phi) is 5.06. The van der Waals surface area contributed by atoms with Gasteiger partial charge < -0.3 is 5.11 Å². The Morgan fingerprint density at radius 1 is 0.760 bits per heavy atom. The van der Waals surface area contributed by atoms with Gasteiger partial charge in [0.2, 0.25) is 0 Å². The molecule has 1 atom stereocenters. The van der Waals surface area contributed by atoms with Crippen molar-refractivity contribution >= 4 is 6.08 Å². The Labute approximate surface area is 136 Å². The van der Waals surface area contributed by atoms with Gasteiger partial charge in [0.05, 0.1) is 0 Å². The van der Waals surface area contributed by atoms with Crippen LogP contribution in [0.5, 0.6) is 0 Å². The van der Waals surface area contributed by atoms with E-state index in [1.54, 1.807) is 0 Å². The van der Waals surface area contributed by atoms with Gasteiger partial charge in [0.25, 0.3) is 0 Å². The normalized spacial score (nSPS) is 16.5. The molecule has 0 aromatic heterocycles. The van der Waals surface area contributed by atoms with Crippen molar-refractivity contribution in [1.29, 1.82) is 0 Å². The molecule has 1 aromatic rings. The quantitative estimate of drug-likeness (QED) is 0.689. The first-order valence-electron chi connectivity index (χ1n) is 6.60. The summed E-state index contributed by atoms with van der Waals surface area (Å²) < 4.78 is 118. The molecule has 0 saturated heterocycles. The highest BCUT2D eigenvalue weighted by Crippen LogP contribution is 2.52. The maximum atomic E-state index is 13.2. The topological polar surface area (TPSA) is 20.2 Å². The van der Waals surface area contributed by atoms with Crippen molar-refractivity contribution in [3.05, 3.63) is 41.5 Å². The molecule has 0 aliphatic rings. The Morgan fingerprint density at radius 3 is 1.48 bits per heavy atom. The third kappa shape index (κ3) is 3.49.